The number of benzene rings is 2. The molecule has 0 atom stereocenters. The second kappa shape index (κ2) is 5.65. The molecule has 21 heavy (non-hydrogen) atoms. The molecule has 0 bridgehead atoms. The number of fused-ring (bicyclic) bond motifs is 1. The molecule has 0 saturated heterocycles. The Hall–Kier alpha value is -1.00. The van der Waals surface area contributed by atoms with Gasteiger partial charge in [0.2, 0.25) is 0 Å². The van der Waals surface area contributed by atoms with Gasteiger partial charge < -0.3 is 10.1 Å². The van der Waals surface area contributed by atoms with Crippen LogP contribution in [0.2, 0.25) is 0 Å². The zero-order valence-electron chi connectivity index (χ0n) is 12.0. The first kappa shape index (κ1) is 14.9. The third-order valence-corrected chi connectivity index (χ3v) is 4.88. The van der Waals surface area contributed by atoms with Crippen molar-refractivity contribution in [2.24, 2.45) is 0 Å². The molecule has 0 unspecified atom stereocenters. The van der Waals surface area contributed by atoms with Crippen molar-refractivity contribution in [1.82, 2.24) is 0 Å². The van der Waals surface area contributed by atoms with Gasteiger partial charge in [0.25, 0.3) is 0 Å². The van der Waals surface area contributed by atoms with Crippen molar-refractivity contribution in [1.29, 1.82) is 0 Å². The molecule has 1 aliphatic rings. The van der Waals surface area contributed by atoms with E-state index in [1.807, 2.05) is 18.2 Å². The van der Waals surface area contributed by atoms with Crippen molar-refractivity contribution in [2.75, 3.05) is 5.32 Å². The van der Waals surface area contributed by atoms with Crippen molar-refractivity contribution in [2.45, 2.75) is 32.4 Å². The van der Waals surface area contributed by atoms with Crippen LogP contribution in [0.5, 0.6) is 5.75 Å². The standard InChI is InChI=1S/C17H17Br2NO/c1-17(2)9-12-8-11(6-7-15(12)21-17)10-20-16-13(18)4-3-5-14(16)19/h3-8,20H,9-10H2,1-2H3. The number of hydrogen-bond donors (Lipinski definition) is 1. The van der Waals surface area contributed by atoms with Crippen LogP contribution in [0.3, 0.4) is 0 Å². The summed E-state index contributed by atoms with van der Waals surface area (Å²) in [6.45, 7) is 5.04. The van der Waals surface area contributed by atoms with Gasteiger partial charge in [-0.2, -0.15) is 0 Å². The van der Waals surface area contributed by atoms with Crippen LogP contribution in [0.25, 0.3) is 0 Å². The fourth-order valence-corrected chi connectivity index (χ4v) is 3.91. The Balaban J connectivity index is 1.76. The van der Waals surface area contributed by atoms with Crippen molar-refractivity contribution in [3.05, 3.63) is 56.5 Å². The molecule has 0 saturated carbocycles. The van der Waals surface area contributed by atoms with E-state index in [0.717, 1.165) is 33.3 Å². The Morgan fingerprint density at radius 1 is 1.14 bits per heavy atom. The molecule has 0 aromatic heterocycles. The van der Waals surface area contributed by atoms with Crippen molar-refractivity contribution in [3.8, 4) is 5.75 Å². The van der Waals surface area contributed by atoms with Gasteiger partial charge in [-0.05, 0) is 75.0 Å². The molecule has 0 radical (unpaired) electrons. The lowest BCUT2D eigenvalue weighted by atomic mass is 10.0. The zero-order valence-corrected chi connectivity index (χ0v) is 15.2. The first-order valence-corrected chi connectivity index (χ1v) is 8.52. The first-order chi connectivity index (χ1) is 9.94. The molecule has 1 aliphatic heterocycles. The summed E-state index contributed by atoms with van der Waals surface area (Å²) in [4.78, 5) is 0. The summed E-state index contributed by atoms with van der Waals surface area (Å²) >= 11 is 7.15. The number of hydrogen-bond acceptors (Lipinski definition) is 2. The number of ether oxygens (including phenoxy) is 1. The van der Waals surface area contributed by atoms with Crippen LogP contribution >= 0.6 is 31.9 Å². The largest absolute Gasteiger partial charge is 0.487 e. The minimum Gasteiger partial charge on any atom is -0.487 e. The number of anilines is 1. The van der Waals surface area contributed by atoms with Crippen molar-refractivity contribution >= 4 is 37.5 Å². The van der Waals surface area contributed by atoms with E-state index in [-0.39, 0.29) is 5.60 Å². The highest BCUT2D eigenvalue weighted by Gasteiger charge is 2.29. The quantitative estimate of drug-likeness (QED) is 0.717. The summed E-state index contributed by atoms with van der Waals surface area (Å²) in [5, 5.41) is 3.47. The maximum Gasteiger partial charge on any atom is 0.123 e. The highest BCUT2D eigenvalue weighted by atomic mass is 79.9. The molecule has 110 valence electrons. The number of para-hydroxylation sites is 1. The van der Waals surface area contributed by atoms with Crippen LogP contribution in [0.4, 0.5) is 5.69 Å². The second-order valence-electron chi connectivity index (χ2n) is 5.93. The molecule has 0 spiro atoms. The number of halogens is 2. The third-order valence-electron chi connectivity index (χ3n) is 3.56. The number of nitrogens with one attached hydrogen (secondary N) is 1. The predicted molar refractivity (Wildman–Crippen MR) is 94.0 cm³/mol. The smallest absolute Gasteiger partial charge is 0.123 e. The highest BCUT2D eigenvalue weighted by molar-refractivity contribution is 9.11. The van der Waals surface area contributed by atoms with Gasteiger partial charge in [-0.15, -0.1) is 0 Å². The highest BCUT2D eigenvalue weighted by Crippen LogP contribution is 2.36. The Morgan fingerprint density at radius 2 is 1.86 bits per heavy atom. The fourth-order valence-electron chi connectivity index (χ4n) is 2.63. The fraction of sp³-hybridized carbons (Fsp3) is 0.294. The van der Waals surface area contributed by atoms with E-state index in [4.69, 9.17) is 4.74 Å². The van der Waals surface area contributed by atoms with Gasteiger partial charge in [0, 0.05) is 21.9 Å². The van der Waals surface area contributed by atoms with Crippen molar-refractivity contribution in [3.63, 3.8) is 0 Å². The Labute approximate surface area is 142 Å². The van der Waals surface area contributed by atoms with Gasteiger partial charge in [0.15, 0.2) is 0 Å². The van der Waals surface area contributed by atoms with Crippen LogP contribution in [-0.4, -0.2) is 5.60 Å². The lowest BCUT2D eigenvalue weighted by Gasteiger charge is -2.16. The van der Waals surface area contributed by atoms with E-state index in [9.17, 15) is 0 Å². The maximum atomic E-state index is 5.91. The molecular formula is C17H17Br2NO. The summed E-state index contributed by atoms with van der Waals surface area (Å²) in [6, 6.07) is 12.5. The topological polar surface area (TPSA) is 21.3 Å². The van der Waals surface area contributed by atoms with Crippen LogP contribution in [0, 0.1) is 0 Å². The van der Waals surface area contributed by atoms with Crippen LogP contribution in [0.15, 0.2) is 45.3 Å². The van der Waals surface area contributed by atoms with Crippen LogP contribution in [-0.2, 0) is 13.0 Å². The zero-order chi connectivity index (χ0) is 15.0. The monoisotopic (exact) mass is 409 g/mol. The summed E-state index contributed by atoms with van der Waals surface area (Å²) in [5.74, 6) is 1.02. The second-order valence-corrected chi connectivity index (χ2v) is 7.64. The molecule has 2 nitrogen and oxygen atoms in total. The predicted octanol–water partition coefficient (Wildman–Crippen LogP) is 5.54. The molecular weight excluding hydrogens is 394 g/mol. The van der Waals surface area contributed by atoms with E-state index in [1.54, 1.807) is 0 Å². The molecule has 0 aliphatic carbocycles. The Morgan fingerprint density at radius 3 is 2.57 bits per heavy atom. The summed E-state index contributed by atoms with van der Waals surface area (Å²) in [6.07, 6.45) is 0.967. The van der Waals surface area contributed by atoms with Gasteiger partial charge in [0.05, 0.1) is 5.69 Å². The molecule has 3 rings (SSSR count). The van der Waals surface area contributed by atoms with Crippen LogP contribution < -0.4 is 10.1 Å². The van der Waals surface area contributed by atoms with E-state index in [0.29, 0.717) is 0 Å². The van der Waals surface area contributed by atoms with E-state index < -0.39 is 0 Å². The third kappa shape index (κ3) is 3.27. The van der Waals surface area contributed by atoms with E-state index in [1.165, 1.54) is 11.1 Å². The minimum absolute atomic E-state index is 0.0835. The van der Waals surface area contributed by atoms with Gasteiger partial charge in [0.1, 0.15) is 11.4 Å². The van der Waals surface area contributed by atoms with Gasteiger partial charge >= 0.3 is 0 Å². The molecule has 2 aromatic carbocycles. The van der Waals surface area contributed by atoms with Crippen LogP contribution in [0.1, 0.15) is 25.0 Å². The van der Waals surface area contributed by atoms with E-state index >= 15 is 0 Å². The molecule has 0 amide bonds. The number of rotatable bonds is 3. The maximum absolute atomic E-state index is 5.91. The average Bonchev–Trinajstić information content (AvgIpc) is 2.71. The van der Waals surface area contributed by atoms with Gasteiger partial charge in [-0.25, -0.2) is 0 Å². The lowest BCUT2D eigenvalue weighted by molar-refractivity contribution is 0.138. The molecule has 4 heteroatoms. The SMILES string of the molecule is CC1(C)Cc2cc(CNc3c(Br)cccc3Br)ccc2O1. The average molecular weight is 411 g/mol. The molecule has 1 N–H and O–H groups in total. The summed E-state index contributed by atoms with van der Waals surface area (Å²) in [5.41, 5.74) is 3.55. The summed E-state index contributed by atoms with van der Waals surface area (Å²) in [7, 11) is 0. The lowest BCUT2D eigenvalue weighted by Crippen LogP contribution is -2.24. The molecule has 0 fully saturated rings. The van der Waals surface area contributed by atoms with Gasteiger partial charge in [-0.1, -0.05) is 18.2 Å². The van der Waals surface area contributed by atoms with Crippen molar-refractivity contribution < 1.29 is 4.74 Å². The van der Waals surface area contributed by atoms with Gasteiger partial charge in [-0.3, -0.25) is 0 Å². The first-order valence-electron chi connectivity index (χ1n) is 6.93. The minimum atomic E-state index is -0.0835. The Bertz CT molecular complexity index is 662. The van der Waals surface area contributed by atoms with E-state index in [2.05, 4.69) is 69.2 Å². The molecule has 1 heterocycles. The summed E-state index contributed by atoms with van der Waals surface area (Å²) < 4.78 is 8.03. The Kier molecular flexibility index (Phi) is 4.02. The normalized spacial score (nSPS) is 15.4. The molecule has 2 aromatic rings.